The van der Waals surface area contributed by atoms with E-state index in [4.69, 9.17) is 0 Å². The van der Waals surface area contributed by atoms with E-state index in [1.807, 2.05) is 24.3 Å². The third-order valence-corrected chi connectivity index (χ3v) is 5.38. The van der Waals surface area contributed by atoms with Crippen molar-refractivity contribution in [3.05, 3.63) is 69.7 Å². The molecule has 0 bridgehead atoms. The molecule has 1 heterocycles. The van der Waals surface area contributed by atoms with Crippen LogP contribution in [-0.2, 0) is 11.9 Å². The molecular weight excluding hydrogens is 429 g/mol. The van der Waals surface area contributed by atoms with Crippen molar-refractivity contribution in [2.45, 2.75) is 11.9 Å². The average Bonchev–Trinajstić information content (AvgIpc) is 3.08. The highest BCUT2D eigenvalue weighted by molar-refractivity contribution is 9.10. The molecule has 0 atom stereocenters. The number of hydrogen-bond donors (Lipinski definition) is 0. The van der Waals surface area contributed by atoms with Crippen LogP contribution in [0.25, 0.3) is 0 Å². The van der Waals surface area contributed by atoms with Crippen LogP contribution in [0.3, 0.4) is 0 Å². The highest BCUT2D eigenvalue weighted by atomic mass is 79.9. The molecule has 0 radical (unpaired) electrons. The molecule has 1 aliphatic heterocycles. The van der Waals surface area contributed by atoms with Crippen LogP contribution in [-0.4, -0.2) is 29.1 Å². The third kappa shape index (κ3) is 4.48. The monoisotopic (exact) mass is 442 g/mol. The molecule has 0 unspecified atom stereocenters. The fraction of sp³-hybridized carbons (Fsp3) is 0.222. The molecule has 3 rings (SSSR count). The predicted octanol–water partition coefficient (Wildman–Crippen LogP) is 5.21. The number of carbonyl (C=O) groups is 1. The molecular formula is C18H14BrF3N2OS. The minimum atomic E-state index is -4.48. The van der Waals surface area contributed by atoms with Gasteiger partial charge in [0.05, 0.1) is 12.1 Å². The Morgan fingerprint density at radius 1 is 1.19 bits per heavy atom. The molecule has 0 aromatic heterocycles. The van der Waals surface area contributed by atoms with E-state index in [-0.39, 0.29) is 5.56 Å². The molecule has 26 heavy (non-hydrogen) atoms. The van der Waals surface area contributed by atoms with Gasteiger partial charge < -0.3 is 0 Å². The summed E-state index contributed by atoms with van der Waals surface area (Å²) in [5.74, 6) is 0.161. The normalized spacial score (nSPS) is 14.5. The number of alkyl halides is 3. The van der Waals surface area contributed by atoms with Gasteiger partial charge in [0.25, 0.3) is 5.91 Å². The van der Waals surface area contributed by atoms with Gasteiger partial charge in [0.1, 0.15) is 0 Å². The zero-order chi connectivity index (χ0) is 18.7. The molecule has 0 saturated heterocycles. The summed E-state index contributed by atoms with van der Waals surface area (Å²) in [5.41, 5.74) is 0.251. The molecule has 2 aromatic carbocycles. The van der Waals surface area contributed by atoms with Gasteiger partial charge in [0.2, 0.25) is 0 Å². The van der Waals surface area contributed by atoms with Gasteiger partial charge in [-0.25, -0.2) is 0 Å². The molecule has 2 aromatic rings. The smallest absolute Gasteiger partial charge is 0.286 e. The highest BCUT2D eigenvalue weighted by Crippen LogP contribution is 2.30. The summed E-state index contributed by atoms with van der Waals surface area (Å²) in [6.45, 7) is 0.825. The van der Waals surface area contributed by atoms with E-state index in [0.29, 0.717) is 24.0 Å². The van der Waals surface area contributed by atoms with Crippen LogP contribution in [0.5, 0.6) is 0 Å². The SMILES string of the molecule is O=C(c1cccc(C(F)(F)F)c1)N1CCN=C1SCc1ccc(Br)cc1. The van der Waals surface area contributed by atoms with Gasteiger partial charge in [0.15, 0.2) is 5.17 Å². The number of amidine groups is 1. The Morgan fingerprint density at radius 3 is 2.62 bits per heavy atom. The van der Waals surface area contributed by atoms with Crippen molar-refractivity contribution in [1.82, 2.24) is 4.90 Å². The molecule has 0 fully saturated rings. The van der Waals surface area contributed by atoms with Crippen molar-refractivity contribution in [3.8, 4) is 0 Å². The Bertz CT molecular complexity index is 837. The van der Waals surface area contributed by atoms with Gasteiger partial charge in [-0.15, -0.1) is 0 Å². The van der Waals surface area contributed by atoms with Crippen molar-refractivity contribution in [1.29, 1.82) is 0 Å². The summed E-state index contributed by atoms with van der Waals surface area (Å²) in [4.78, 5) is 18.4. The van der Waals surface area contributed by atoms with Gasteiger partial charge in [0, 0.05) is 22.3 Å². The van der Waals surface area contributed by atoms with Crippen LogP contribution in [0.1, 0.15) is 21.5 Å². The van der Waals surface area contributed by atoms with Gasteiger partial charge >= 0.3 is 6.18 Å². The zero-order valence-electron chi connectivity index (χ0n) is 13.5. The molecule has 3 nitrogen and oxygen atoms in total. The van der Waals surface area contributed by atoms with Crippen molar-refractivity contribution in [2.24, 2.45) is 4.99 Å². The number of carbonyl (C=O) groups excluding carboxylic acids is 1. The van der Waals surface area contributed by atoms with Crippen LogP contribution in [0, 0.1) is 0 Å². The maximum atomic E-state index is 12.9. The second-order valence-corrected chi connectivity index (χ2v) is 7.47. The number of benzene rings is 2. The maximum Gasteiger partial charge on any atom is 0.416 e. The number of thioether (sulfide) groups is 1. The van der Waals surface area contributed by atoms with E-state index in [0.717, 1.165) is 22.2 Å². The summed E-state index contributed by atoms with van der Waals surface area (Å²) in [6, 6.07) is 12.3. The Balaban J connectivity index is 1.71. The topological polar surface area (TPSA) is 32.7 Å². The first-order chi connectivity index (χ1) is 12.3. The van der Waals surface area contributed by atoms with E-state index in [9.17, 15) is 18.0 Å². The standard InChI is InChI=1S/C18H14BrF3N2OS/c19-15-6-4-12(5-7-15)11-26-17-23-8-9-24(17)16(25)13-2-1-3-14(10-13)18(20,21)22/h1-7,10H,8-9,11H2. The number of rotatable bonds is 3. The molecule has 1 amide bonds. The Kier molecular flexibility index (Phi) is 5.72. The van der Waals surface area contributed by atoms with Crippen molar-refractivity contribution in [3.63, 3.8) is 0 Å². The molecule has 8 heteroatoms. The Morgan fingerprint density at radius 2 is 1.92 bits per heavy atom. The quantitative estimate of drug-likeness (QED) is 0.653. The minimum absolute atomic E-state index is 0.0127. The van der Waals surface area contributed by atoms with E-state index in [2.05, 4.69) is 20.9 Å². The van der Waals surface area contributed by atoms with E-state index in [1.165, 1.54) is 28.8 Å². The Hall–Kier alpha value is -1.80. The van der Waals surface area contributed by atoms with Crippen LogP contribution in [0.15, 0.2) is 58.0 Å². The number of nitrogens with zero attached hydrogens (tertiary/aromatic N) is 2. The molecule has 0 aliphatic carbocycles. The predicted molar refractivity (Wildman–Crippen MR) is 100 cm³/mol. The molecule has 0 spiro atoms. The van der Waals surface area contributed by atoms with Crippen LogP contribution in [0.2, 0.25) is 0 Å². The van der Waals surface area contributed by atoms with Gasteiger partial charge in [-0.05, 0) is 35.9 Å². The summed E-state index contributed by atoms with van der Waals surface area (Å²) in [6.07, 6.45) is -4.48. The average molecular weight is 443 g/mol. The van der Waals surface area contributed by atoms with Crippen molar-refractivity contribution < 1.29 is 18.0 Å². The van der Waals surface area contributed by atoms with Crippen LogP contribution >= 0.6 is 27.7 Å². The summed E-state index contributed by atoms with van der Waals surface area (Å²) in [5, 5.41) is 0.537. The van der Waals surface area contributed by atoms with Gasteiger partial charge in [-0.2, -0.15) is 13.2 Å². The first-order valence-electron chi connectivity index (χ1n) is 7.75. The fourth-order valence-corrected chi connectivity index (χ4v) is 3.72. The van der Waals surface area contributed by atoms with Crippen LogP contribution in [0.4, 0.5) is 13.2 Å². The number of amides is 1. The van der Waals surface area contributed by atoms with Gasteiger partial charge in [-0.1, -0.05) is 45.9 Å². The second kappa shape index (κ2) is 7.84. The lowest BCUT2D eigenvalue weighted by Gasteiger charge is -2.18. The van der Waals surface area contributed by atoms with Crippen LogP contribution < -0.4 is 0 Å². The van der Waals surface area contributed by atoms with Crippen molar-refractivity contribution in [2.75, 3.05) is 13.1 Å². The zero-order valence-corrected chi connectivity index (χ0v) is 15.9. The first kappa shape index (κ1) is 19.0. The minimum Gasteiger partial charge on any atom is -0.286 e. The Labute approximate surface area is 161 Å². The highest BCUT2D eigenvalue weighted by Gasteiger charge is 2.32. The molecule has 0 saturated carbocycles. The first-order valence-corrected chi connectivity index (χ1v) is 9.53. The lowest BCUT2D eigenvalue weighted by Crippen LogP contribution is -2.33. The summed E-state index contributed by atoms with van der Waals surface area (Å²) in [7, 11) is 0. The molecule has 136 valence electrons. The lowest BCUT2D eigenvalue weighted by atomic mass is 10.1. The van der Waals surface area contributed by atoms with Gasteiger partial charge in [-0.3, -0.25) is 14.7 Å². The number of aliphatic imine (C=N–C) groups is 1. The number of halogens is 4. The molecule has 0 N–H and O–H groups in total. The van der Waals surface area contributed by atoms with Crippen molar-refractivity contribution >= 4 is 38.8 Å². The summed E-state index contributed by atoms with van der Waals surface area (Å²) >= 11 is 4.77. The fourth-order valence-electron chi connectivity index (χ4n) is 2.45. The lowest BCUT2D eigenvalue weighted by molar-refractivity contribution is -0.137. The summed E-state index contributed by atoms with van der Waals surface area (Å²) < 4.78 is 39.6. The van der Waals surface area contributed by atoms with E-state index in [1.54, 1.807) is 0 Å². The third-order valence-electron chi connectivity index (χ3n) is 3.76. The van der Waals surface area contributed by atoms with E-state index < -0.39 is 17.6 Å². The second-order valence-electron chi connectivity index (χ2n) is 5.61. The van der Waals surface area contributed by atoms with E-state index >= 15 is 0 Å². The molecule has 1 aliphatic rings. The maximum absolute atomic E-state index is 12.9. The number of hydrogen-bond acceptors (Lipinski definition) is 3. The largest absolute Gasteiger partial charge is 0.416 e.